The molecule has 2 nitrogen and oxygen atoms in total. The van der Waals surface area contributed by atoms with Gasteiger partial charge in [-0.1, -0.05) is 20.8 Å². The van der Waals surface area contributed by atoms with Crippen LogP contribution in [0.4, 0.5) is 0 Å². The number of nitrogens with one attached hydrogen (secondary N) is 1. The van der Waals surface area contributed by atoms with Crippen molar-refractivity contribution in [3.63, 3.8) is 0 Å². The Morgan fingerprint density at radius 2 is 2.15 bits per heavy atom. The summed E-state index contributed by atoms with van der Waals surface area (Å²) in [5, 5.41) is 6.79. The fourth-order valence-electron chi connectivity index (χ4n) is 2.84. The van der Waals surface area contributed by atoms with E-state index < -0.39 is 0 Å². The molecule has 0 fully saturated rings. The summed E-state index contributed by atoms with van der Waals surface area (Å²) in [7, 11) is 4.40. The third-order valence-electron chi connectivity index (χ3n) is 3.98. The molecular weight excluding hydrogens is 284 g/mol. The maximum atomic E-state index is 3.83. The van der Waals surface area contributed by atoms with Gasteiger partial charge in [-0.2, -0.15) is 0 Å². The summed E-state index contributed by atoms with van der Waals surface area (Å²) in [4.78, 5) is 2.36. The number of thiophene rings is 1. The quantitative estimate of drug-likeness (QED) is 0.846. The topological polar surface area (TPSA) is 15.3 Å². The lowest BCUT2D eigenvalue weighted by molar-refractivity contribution is 0.238. The fourth-order valence-corrected chi connectivity index (χ4v) is 5.41. The summed E-state index contributed by atoms with van der Waals surface area (Å²) in [6.45, 7) is 8.06. The van der Waals surface area contributed by atoms with Crippen molar-refractivity contribution in [1.29, 1.82) is 0 Å². The van der Waals surface area contributed by atoms with E-state index in [1.165, 1.54) is 22.6 Å². The van der Waals surface area contributed by atoms with Gasteiger partial charge in [-0.3, -0.25) is 0 Å². The minimum absolute atomic E-state index is 0.544. The highest BCUT2D eigenvalue weighted by Gasteiger charge is 2.26. The molecule has 1 aliphatic heterocycles. The molecule has 2 heterocycles. The van der Waals surface area contributed by atoms with Crippen LogP contribution in [0.3, 0.4) is 0 Å². The van der Waals surface area contributed by atoms with E-state index in [-0.39, 0.29) is 0 Å². The third kappa shape index (κ3) is 4.23. The summed E-state index contributed by atoms with van der Waals surface area (Å²) < 4.78 is 1.52. The Morgan fingerprint density at radius 1 is 1.40 bits per heavy atom. The second-order valence-corrected chi connectivity index (χ2v) is 9.16. The molecule has 1 aromatic heterocycles. The Kier molecular flexibility index (Phi) is 5.96. The van der Waals surface area contributed by atoms with Crippen molar-refractivity contribution in [1.82, 2.24) is 10.2 Å². The molecular formula is C16H28N2S2. The number of thioether (sulfide) groups is 1. The molecule has 4 heteroatoms. The largest absolute Gasteiger partial charge is 0.308 e. The first kappa shape index (κ1) is 16.3. The van der Waals surface area contributed by atoms with Crippen LogP contribution in [-0.4, -0.2) is 36.8 Å². The first-order valence-electron chi connectivity index (χ1n) is 7.61. The average Bonchev–Trinajstić information content (AvgIpc) is 2.81. The first-order valence-corrected chi connectivity index (χ1v) is 9.37. The van der Waals surface area contributed by atoms with Crippen LogP contribution in [0.1, 0.15) is 45.2 Å². The Hall–Kier alpha value is -0.0300. The predicted octanol–water partition coefficient (Wildman–Crippen LogP) is 4.24. The summed E-state index contributed by atoms with van der Waals surface area (Å²) in [6.07, 6.45) is 2.50. The molecule has 0 amide bonds. The summed E-state index contributed by atoms with van der Waals surface area (Å²) >= 11 is 3.94. The van der Waals surface area contributed by atoms with Gasteiger partial charge in [0.25, 0.3) is 0 Å². The second-order valence-electron chi connectivity index (χ2n) is 6.54. The van der Waals surface area contributed by atoms with Gasteiger partial charge < -0.3 is 10.2 Å². The average molecular weight is 313 g/mol. The second kappa shape index (κ2) is 7.30. The van der Waals surface area contributed by atoms with Crippen molar-refractivity contribution in [3.8, 4) is 0 Å². The van der Waals surface area contributed by atoms with Gasteiger partial charge in [0.05, 0.1) is 4.21 Å². The highest BCUT2D eigenvalue weighted by atomic mass is 32.2. The van der Waals surface area contributed by atoms with Crippen molar-refractivity contribution >= 4 is 23.1 Å². The minimum Gasteiger partial charge on any atom is -0.308 e. The van der Waals surface area contributed by atoms with Crippen molar-refractivity contribution in [2.75, 3.05) is 20.6 Å². The number of rotatable bonds is 6. The van der Waals surface area contributed by atoms with E-state index in [1.807, 2.05) is 23.1 Å². The smallest absolute Gasteiger partial charge is 0.0649 e. The van der Waals surface area contributed by atoms with E-state index in [4.69, 9.17) is 0 Å². The first-order chi connectivity index (χ1) is 9.47. The molecule has 0 radical (unpaired) electrons. The van der Waals surface area contributed by atoms with Crippen molar-refractivity contribution in [3.05, 3.63) is 17.0 Å². The summed E-state index contributed by atoms with van der Waals surface area (Å²) in [5.41, 5.74) is 1.53. The SMILES string of the molecule is CC(C)CC(CNC1C[C@H](C)Sc2sccc21)N(C)C. The molecule has 1 N–H and O–H groups in total. The normalized spacial score (nSPS) is 24.1. The fraction of sp³-hybridized carbons (Fsp3) is 0.750. The molecule has 0 saturated carbocycles. The third-order valence-corrected chi connectivity index (χ3v) is 6.33. The van der Waals surface area contributed by atoms with Gasteiger partial charge in [-0.05, 0) is 49.9 Å². The zero-order chi connectivity index (χ0) is 14.7. The Labute approximate surface area is 132 Å². The van der Waals surface area contributed by atoms with Gasteiger partial charge in [0, 0.05) is 23.9 Å². The maximum absolute atomic E-state index is 3.83. The van der Waals surface area contributed by atoms with Crippen LogP contribution in [0.25, 0.3) is 0 Å². The van der Waals surface area contributed by atoms with Crippen molar-refractivity contribution in [2.24, 2.45) is 5.92 Å². The zero-order valence-electron chi connectivity index (χ0n) is 13.3. The van der Waals surface area contributed by atoms with Gasteiger partial charge in [0.1, 0.15) is 0 Å². The number of hydrogen-bond acceptors (Lipinski definition) is 4. The summed E-state index contributed by atoms with van der Waals surface area (Å²) in [5.74, 6) is 0.752. The van der Waals surface area contributed by atoms with Crippen LogP contribution >= 0.6 is 23.1 Å². The lowest BCUT2D eigenvalue weighted by Crippen LogP contribution is -2.41. The molecule has 0 aromatic carbocycles. The van der Waals surface area contributed by atoms with E-state index in [1.54, 1.807) is 0 Å². The van der Waals surface area contributed by atoms with Gasteiger partial charge in [-0.25, -0.2) is 0 Å². The molecule has 1 aliphatic rings. The molecule has 0 bridgehead atoms. The number of likely N-dealkylation sites (N-methyl/N-ethyl adjacent to an activating group) is 1. The molecule has 0 aliphatic carbocycles. The van der Waals surface area contributed by atoms with Gasteiger partial charge in [0.15, 0.2) is 0 Å². The minimum atomic E-state index is 0.544. The number of nitrogens with zero attached hydrogens (tertiary/aromatic N) is 1. The molecule has 20 heavy (non-hydrogen) atoms. The van der Waals surface area contributed by atoms with E-state index in [0.717, 1.165) is 17.7 Å². The Bertz CT molecular complexity index is 414. The van der Waals surface area contributed by atoms with E-state index in [2.05, 4.69) is 56.5 Å². The van der Waals surface area contributed by atoms with Gasteiger partial charge in [0.2, 0.25) is 0 Å². The van der Waals surface area contributed by atoms with E-state index in [9.17, 15) is 0 Å². The van der Waals surface area contributed by atoms with E-state index >= 15 is 0 Å². The molecule has 2 rings (SSSR count). The van der Waals surface area contributed by atoms with Crippen molar-refractivity contribution < 1.29 is 0 Å². The van der Waals surface area contributed by atoms with Crippen LogP contribution < -0.4 is 5.32 Å². The molecule has 2 unspecified atom stereocenters. The monoisotopic (exact) mass is 312 g/mol. The highest BCUT2D eigenvalue weighted by molar-refractivity contribution is 8.01. The zero-order valence-corrected chi connectivity index (χ0v) is 15.0. The molecule has 114 valence electrons. The van der Waals surface area contributed by atoms with Gasteiger partial charge >= 0.3 is 0 Å². The molecule has 3 atom stereocenters. The molecule has 0 spiro atoms. The van der Waals surface area contributed by atoms with Crippen LogP contribution in [0.5, 0.6) is 0 Å². The predicted molar refractivity (Wildman–Crippen MR) is 91.9 cm³/mol. The van der Waals surface area contributed by atoms with Crippen molar-refractivity contribution in [2.45, 2.75) is 55.2 Å². The maximum Gasteiger partial charge on any atom is 0.0649 e. The molecule has 0 saturated heterocycles. The Balaban J connectivity index is 1.96. The van der Waals surface area contributed by atoms with Crippen LogP contribution in [0.15, 0.2) is 15.7 Å². The lowest BCUT2D eigenvalue weighted by Gasteiger charge is -2.32. The van der Waals surface area contributed by atoms with E-state index in [0.29, 0.717) is 12.1 Å². The lowest BCUT2D eigenvalue weighted by atomic mass is 10.0. The van der Waals surface area contributed by atoms with Crippen LogP contribution in [0.2, 0.25) is 0 Å². The highest BCUT2D eigenvalue weighted by Crippen LogP contribution is 2.43. The summed E-state index contributed by atoms with van der Waals surface area (Å²) in [6, 6.07) is 3.48. The standard InChI is InChI=1S/C16H28N2S2/c1-11(2)8-13(18(4)5)10-17-15-9-12(3)20-16-14(15)6-7-19-16/h6-7,11-13,15,17H,8-10H2,1-5H3/t12-,13?,15?/m0/s1. The van der Waals surface area contributed by atoms with Gasteiger partial charge in [-0.15, -0.1) is 23.1 Å². The molecule has 1 aromatic rings. The Morgan fingerprint density at radius 3 is 2.80 bits per heavy atom. The van der Waals surface area contributed by atoms with Crippen LogP contribution in [0, 0.1) is 5.92 Å². The number of fused-ring (bicyclic) bond motifs is 1. The van der Waals surface area contributed by atoms with Crippen LogP contribution in [-0.2, 0) is 0 Å². The number of hydrogen-bond donors (Lipinski definition) is 1.